The van der Waals surface area contributed by atoms with Crippen molar-refractivity contribution >= 4 is 5.91 Å². The summed E-state index contributed by atoms with van der Waals surface area (Å²) < 4.78 is 59.1. The second-order valence-corrected chi connectivity index (χ2v) is 5.65. The van der Waals surface area contributed by atoms with Gasteiger partial charge in [-0.2, -0.15) is 10.2 Å². The van der Waals surface area contributed by atoms with Crippen LogP contribution in [0.1, 0.15) is 46.2 Å². The van der Waals surface area contributed by atoms with Crippen LogP contribution in [0.2, 0.25) is 0 Å². The molecule has 3 aromatic heterocycles. The van der Waals surface area contributed by atoms with Crippen LogP contribution in [0.4, 0.5) is 17.6 Å². The van der Waals surface area contributed by atoms with E-state index in [-0.39, 0.29) is 24.6 Å². The summed E-state index contributed by atoms with van der Waals surface area (Å²) in [5.41, 5.74) is -0.623. The quantitative estimate of drug-likeness (QED) is 0.634. The van der Waals surface area contributed by atoms with Gasteiger partial charge in [0.15, 0.2) is 5.76 Å². The first-order valence-electron chi connectivity index (χ1n) is 7.83. The van der Waals surface area contributed by atoms with Crippen molar-refractivity contribution in [3.8, 4) is 0 Å². The summed E-state index contributed by atoms with van der Waals surface area (Å²) in [6.45, 7) is -0.0841. The molecule has 0 aliphatic rings. The third-order valence-electron chi connectivity index (χ3n) is 3.82. The van der Waals surface area contributed by atoms with E-state index in [1.807, 2.05) is 0 Å². The molecule has 0 saturated heterocycles. The minimum absolute atomic E-state index is 0.0352. The van der Waals surface area contributed by atoms with E-state index in [9.17, 15) is 22.4 Å². The summed E-state index contributed by atoms with van der Waals surface area (Å²) in [6, 6.07) is 5.16. The Morgan fingerprint density at radius 2 is 2.00 bits per heavy atom. The molecular weight excluding hydrogens is 370 g/mol. The lowest BCUT2D eigenvalue weighted by Crippen LogP contribution is -2.23. The Bertz CT molecular complexity index is 931. The maximum absolute atomic E-state index is 13.0. The molecular formula is C16H15F4N5O2. The van der Waals surface area contributed by atoms with Crippen molar-refractivity contribution in [3.05, 3.63) is 59.1 Å². The van der Waals surface area contributed by atoms with Gasteiger partial charge in [-0.25, -0.2) is 17.6 Å². The number of aromatic nitrogens is 4. The van der Waals surface area contributed by atoms with Gasteiger partial charge in [0, 0.05) is 13.2 Å². The van der Waals surface area contributed by atoms with Crippen LogP contribution >= 0.6 is 0 Å². The Labute approximate surface area is 150 Å². The molecule has 1 amide bonds. The fourth-order valence-corrected chi connectivity index (χ4v) is 2.43. The summed E-state index contributed by atoms with van der Waals surface area (Å²) in [7, 11) is 1.73. The van der Waals surface area contributed by atoms with Crippen molar-refractivity contribution in [1.29, 1.82) is 0 Å². The van der Waals surface area contributed by atoms with E-state index in [2.05, 4.69) is 15.5 Å². The Morgan fingerprint density at radius 3 is 2.63 bits per heavy atom. The molecule has 0 saturated carbocycles. The molecule has 0 bridgehead atoms. The van der Waals surface area contributed by atoms with Gasteiger partial charge in [0.25, 0.3) is 18.8 Å². The van der Waals surface area contributed by atoms with Crippen LogP contribution in [0.5, 0.6) is 0 Å². The Hall–Kier alpha value is -3.11. The van der Waals surface area contributed by atoms with E-state index in [1.165, 1.54) is 12.1 Å². The number of carbonyl (C=O) groups is 1. The molecule has 27 heavy (non-hydrogen) atoms. The van der Waals surface area contributed by atoms with Crippen LogP contribution in [-0.2, 0) is 20.1 Å². The monoisotopic (exact) mass is 385 g/mol. The van der Waals surface area contributed by atoms with Crippen molar-refractivity contribution in [3.63, 3.8) is 0 Å². The maximum atomic E-state index is 13.0. The molecule has 7 nitrogen and oxygen atoms in total. The normalized spacial score (nSPS) is 11.5. The van der Waals surface area contributed by atoms with Gasteiger partial charge < -0.3 is 9.73 Å². The number of nitrogens with one attached hydrogen (secondary N) is 1. The highest BCUT2D eigenvalue weighted by Gasteiger charge is 2.22. The van der Waals surface area contributed by atoms with Crippen molar-refractivity contribution in [2.75, 3.05) is 0 Å². The molecule has 0 aliphatic heterocycles. The SMILES string of the molecule is Cn1nccc1CNC(=O)c1ccc(Cn2nc(C(F)F)cc2C(F)F)o1. The first kappa shape index (κ1) is 18.7. The number of halogens is 4. The number of aryl methyl sites for hydroxylation is 1. The highest BCUT2D eigenvalue weighted by molar-refractivity contribution is 5.91. The van der Waals surface area contributed by atoms with E-state index in [0.29, 0.717) is 6.07 Å². The molecule has 144 valence electrons. The smallest absolute Gasteiger partial charge is 0.287 e. The van der Waals surface area contributed by atoms with E-state index in [4.69, 9.17) is 4.42 Å². The standard InChI is InChI=1S/C16H15F4N5O2/c1-24-9(4-5-22-24)7-21-16(26)13-3-2-10(27-13)8-25-12(15(19)20)6-11(23-25)14(17)18/h2-6,14-15H,7-8H2,1H3,(H,21,26). The van der Waals surface area contributed by atoms with Gasteiger partial charge in [0.1, 0.15) is 17.1 Å². The molecule has 0 spiro atoms. The largest absolute Gasteiger partial charge is 0.454 e. The van der Waals surface area contributed by atoms with Gasteiger partial charge in [0.2, 0.25) is 0 Å². The van der Waals surface area contributed by atoms with Gasteiger partial charge >= 0.3 is 0 Å². The molecule has 0 aliphatic carbocycles. The van der Waals surface area contributed by atoms with Crippen molar-refractivity contribution in [2.24, 2.45) is 7.05 Å². The van der Waals surface area contributed by atoms with Crippen LogP contribution in [0.25, 0.3) is 0 Å². The van der Waals surface area contributed by atoms with Crippen molar-refractivity contribution in [1.82, 2.24) is 24.9 Å². The third-order valence-corrected chi connectivity index (χ3v) is 3.82. The highest BCUT2D eigenvalue weighted by Crippen LogP contribution is 2.26. The lowest BCUT2D eigenvalue weighted by Gasteiger charge is -2.05. The summed E-state index contributed by atoms with van der Waals surface area (Å²) in [5, 5.41) is 10.1. The summed E-state index contributed by atoms with van der Waals surface area (Å²) >= 11 is 0. The van der Waals surface area contributed by atoms with Gasteiger partial charge in [-0.1, -0.05) is 0 Å². The van der Waals surface area contributed by atoms with Gasteiger partial charge in [0.05, 0.1) is 18.8 Å². The predicted molar refractivity (Wildman–Crippen MR) is 84.3 cm³/mol. The second kappa shape index (κ2) is 7.64. The van der Waals surface area contributed by atoms with Crippen LogP contribution in [0, 0.1) is 0 Å². The average Bonchev–Trinajstić information content (AvgIpc) is 3.33. The zero-order valence-corrected chi connectivity index (χ0v) is 14.1. The fourth-order valence-electron chi connectivity index (χ4n) is 2.43. The van der Waals surface area contributed by atoms with Crippen LogP contribution in [0.15, 0.2) is 34.9 Å². The molecule has 1 N–H and O–H groups in total. The van der Waals surface area contributed by atoms with Gasteiger partial charge in [-0.3, -0.25) is 14.2 Å². The number of rotatable bonds is 7. The lowest BCUT2D eigenvalue weighted by molar-refractivity contribution is 0.0919. The summed E-state index contributed by atoms with van der Waals surface area (Å²) in [6.07, 6.45) is -4.35. The summed E-state index contributed by atoms with van der Waals surface area (Å²) in [4.78, 5) is 12.1. The Morgan fingerprint density at radius 1 is 1.22 bits per heavy atom. The molecule has 3 aromatic rings. The molecule has 0 radical (unpaired) electrons. The van der Waals surface area contributed by atoms with E-state index >= 15 is 0 Å². The third kappa shape index (κ3) is 4.18. The number of furan rings is 1. The van der Waals surface area contributed by atoms with Crippen LogP contribution in [-0.4, -0.2) is 25.5 Å². The lowest BCUT2D eigenvalue weighted by atomic mass is 10.3. The van der Waals surface area contributed by atoms with E-state index in [0.717, 1.165) is 10.4 Å². The van der Waals surface area contributed by atoms with Gasteiger partial charge in [-0.05, 0) is 24.3 Å². The van der Waals surface area contributed by atoms with Crippen molar-refractivity contribution < 1.29 is 26.8 Å². The molecule has 0 fully saturated rings. The minimum atomic E-state index is -2.97. The number of hydrogen-bond donors (Lipinski definition) is 1. The minimum Gasteiger partial charge on any atom is -0.454 e. The van der Waals surface area contributed by atoms with Gasteiger partial charge in [-0.15, -0.1) is 0 Å². The fraction of sp³-hybridized carbons (Fsp3) is 0.312. The number of hydrogen-bond acceptors (Lipinski definition) is 4. The molecule has 0 aromatic carbocycles. The van der Waals surface area contributed by atoms with Crippen molar-refractivity contribution in [2.45, 2.75) is 25.9 Å². The second-order valence-electron chi connectivity index (χ2n) is 5.65. The number of alkyl halides is 4. The molecule has 0 atom stereocenters. The number of nitrogens with zero attached hydrogens (tertiary/aromatic N) is 4. The zero-order valence-electron chi connectivity index (χ0n) is 14.1. The number of amides is 1. The molecule has 3 rings (SSSR count). The summed E-state index contributed by atoms with van der Waals surface area (Å²) in [5.74, 6) is -0.413. The Kier molecular flexibility index (Phi) is 5.28. The topological polar surface area (TPSA) is 77.9 Å². The Balaban J connectivity index is 1.69. The number of carbonyl (C=O) groups excluding carboxylic acids is 1. The van der Waals surface area contributed by atoms with Crippen LogP contribution in [0.3, 0.4) is 0 Å². The van der Waals surface area contributed by atoms with E-state index < -0.39 is 30.1 Å². The first-order valence-corrected chi connectivity index (χ1v) is 7.83. The maximum Gasteiger partial charge on any atom is 0.287 e. The average molecular weight is 385 g/mol. The first-order chi connectivity index (χ1) is 12.8. The molecule has 11 heteroatoms. The zero-order chi connectivity index (χ0) is 19.6. The predicted octanol–water partition coefficient (Wildman–Crippen LogP) is 3.06. The van der Waals surface area contributed by atoms with E-state index in [1.54, 1.807) is 24.0 Å². The molecule has 3 heterocycles. The van der Waals surface area contributed by atoms with Crippen LogP contribution < -0.4 is 5.32 Å². The highest BCUT2D eigenvalue weighted by atomic mass is 19.3. The molecule has 0 unspecified atom stereocenters.